The van der Waals surface area contributed by atoms with E-state index in [0.717, 1.165) is 11.5 Å². The van der Waals surface area contributed by atoms with Gasteiger partial charge in [-0.15, -0.1) is 0 Å². The number of aromatic nitrogens is 1. The van der Waals surface area contributed by atoms with Gasteiger partial charge in [-0.1, -0.05) is 41.9 Å². The number of hydrogen-bond acceptors (Lipinski definition) is 6. The third-order valence-corrected chi connectivity index (χ3v) is 7.21. The molecule has 0 saturated heterocycles. The number of ether oxygens (including phenoxy) is 1. The molecule has 0 fully saturated rings. The Morgan fingerprint density at radius 1 is 1.11 bits per heavy atom. The lowest BCUT2D eigenvalue weighted by Crippen LogP contribution is -2.40. The normalized spacial score (nSPS) is 11.5. The molecule has 3 aromatic carbocycles. The molecule has 1 heterocycles. The number of nitrogens with zero attached hydrogens (tertiary/aromatic N) is 3. The second-order valence-corrected chi connectivity index (χ2v) is 9.72. The lowest BCUT2D eigenvalue weighted by molar-refractivity contribution is -0.119. The van der Waals surface area contributed by atoms with Crippen molar-refractivity contribution < 1.29 is 22.3 Å². The van der Waals surface area contributed by atoms with Crippen molar-refractivity contribution in [2.24, 2.45) is 5.10 Å². The maximum absolute atomic E-state index is 14.5. The van der Waals surface area contributed by atoms with Crippen LogP contribution in [0, 0.1) is 5.82 Å². The van der Waals surface area contributed by atoms with Gasteiger partial charge >= 0.3 is 0 Å². The molecule has 0 saturated carbocycles. The Morgan fingerprint density at radius 2 is 1.83 bits per heavy atom. The number of benzene rings is 3. The Morgan fingerprint density at radius 3 is 2.56 bits per heavy atom. The number of amides is 1. The number of hydrogen-bond donors (Lipinski definition) is 1. The largest absolute Gasteiger partial charge is 0.497 e. The van der Waals surface area contributed by atoms with Gasteiger partial charge in [0.05, 0.1) is 29.4 Å². The van der Waals surface area contributed by atoms with Crippen molar-refractivity contribution in [1.82, 2.24) is 10.4 Å². The van der Waals surface area contributed by atoms with E-state index in [1.807, 2.05) is 0 Å². The minimum atomic E-state index is -4.25. The van der Waals surface area contributed by atoms with E-state index in [4.69, 9.17) is 16.3 Å². The molecule has 36 heavy (non-hydrogen) atoms. The maximum atomic E-state index is 14.5. The number of rotatable bonds is 8. The highest BCUT2D eigenvalue weighted by Crippen LogP contribution is 2.26. The number of carbonyl (C=O) groups excluding carboxylic acids is 1. The minimum absolute atomic E-state index is 0.0878. The van der Waals surface area contributed by atoms with E-state index < -0.39 is 28.3 Å². The molecule has 0 aliphatic carbocycles. The van der Waals surface area contributed by atoms with Crippen LogP contribution < -0.4 is 14.5 Å². The number of methoxy groups -OCH3 is 1. The summed E-state index contributed by atoms with van der Waals surface area (Å²) >= 11 is 6.24. The molecule has 1 aromatic heterocycles. The summed E-state index contributed by atoms with van der Waals surface area (Å²) in [5.41, 5.74) is 3.04. The number of fused-ring (bicyclic) bond motifs is 1. The van der Waals surface area contributed by atoms with Crippen LogP contribution in [0.4, 0.5) is 10.1 Å². The number of anilines is 1. The molecule has 0 aliphatic rings. The lowest BCUT2D eigenvalue weighted by atomic mass is 10.1. The first kappa shape index (κ1) is 25.1. The molecular weight excluding hydrogens is 507 g/mol. The Bertz CT molecular complexity index is 1550. The topological polar surface area (TPSA) is 101 Å². The predicted octanol–water partition coefficient (Wildman–Crippen LogP) is 4.38. The zero-order chi connectivity index (χ0) is 25.7. The highest BCUT2D eigenvalue weighted by Gasteiger charge is 2.28. The number of pyridine rings is 1. The summed E-state index contributed by atoms with van der Waals surface area (Å²) in [5.74, 6) is -0.952. The Kier molecular flexibility index (Phi) is 7.47. The van der Waals surface area contributed by atoms with Gasteiger partial charge in [0.15, 0.2) is 0 Å². The van der Waals surface area contributed by atoms with Gasteiger partial charge in [-0.2, -0.15) is 5.10 Å². The molecule has 0 radical (unpaired) electrons. The fourth-order valence-electron chi connectivity index (χ4n) is 3.37. The van der Waals surface area contributed by atoms with Gasteiger partial charge < -0.3 is 4.74 Å². The molecular formula is C25H20ClFN4O4S. The first-order chi connectivity index (χ1) is 17.3. The zero-order valence-corrected chi connectivity index (χ0v) is 20.5. The summed E-state index contributed by atoms with van der Waals surface area (Å²) in [7, 11) is -2.70. The summed E-state index contributed by atoms with van der Waals surface area (Å²) in [6.07, 6.45) is 1.29. The van der Waals surface area contributed by atoms with E-state index in [-0.39, 0.29) is 15.7 Å². The molecule has 0 spiro atoms. The second kappa shape index (κ2) is 10.7. The fraction of sp³-hybridized carbons (Fsp3) is 0.0800. The standard InChI is InChI=1S/C25H20ClFN4O4S/c1-35-19-12-11-17-13-18(25(26)29-22(17)14-19)15-28-30-24(32)16-31(23-10-6-5-9-21(23)27)36(33,34)20-7-3-2-4-8-20/h2-15H,16H2,1H3,(H,30,32)/b28-15-. The van der Waals surface area contributed by atoms with E-state index in [1.165, 1.54) is 48.7 Å². The van der Waals surface area contributed by atoms with Gasteiger partial charge in [0.1, 0.15) is 23.3 Å². The molecule has 0 bridgehead atoms. The van der Waals surface area contributed by atoms with Gasteiger partial charge in [-0.05, 0) is 42.5 Å². The van der Waals surface area contributed by atoms with Crippen LogP contribution in [0.5, 0.6) is 5.75 Å². The van der Waals surface area contributed by atoms with Crippen LogP contribution >= 0.6 is 11.6 Å². The molecule has 1 N–H and O–H groups in total. The number of hydrazone groups is 1. The third-order valence-electron chi connectivity index (χ3n) is 5.14. The van der Waals surface area contributed by atoms with Gasteiger partial charge in [-0.25, -0.2) is 23.2 Å². The first-order valence-electron chi connectivity index (χ1n) is 10.6. The average Bonchev–Trinajstić information content (AvgIpc) is 2.88. The lowest BCUT2D eigenvalue weighted by Gasteiger charge is -2.24. The van der Waals surface area contributed by atoms with Crippen LogP contribution in [0.25, 0.3) is 10.9 Å². The van der Waals surface area contributed by atoms with Gasteiger partial charge in [-0.3, -0.25) is 9.10 Å². The smallest absolute Gasteiger partial charge is 0.264 e. The van der Waals surface area contributed by atoms with Crippen LogP contribution in [0.2, 0.25) is 5.15 Å². The molecule has 0 aliphatic heterocycles. The van der Waals surface area contributed by atoms with Crippen LogP contribution in [-0.2, 0) is 14.8 Å². The van der Waals surface area contributed by atoms with Crippen molar-refractivity contribution in [2.75, 3.05) is 18.0 Å². The van der Waals surface area contributed by atoms with Crippen molar-refractivity contribution in [2.45, 2.75) is 4.90 Å². The second-order valence-electron chi connectivity index (χ2n) is 7.50. The van der Waals surface area contributed by atoms with Crippen molar-refractivity contribution in [3.8, 4) is 5.75 Å². The summed E-state index contributed by atoms with van der Waals surface area (Å²) < 4.78 is 46.9. The minimum Gasteiger partial charge on any atom is -0.497 e. The van der Waals surface area contributed by atoms with Crippen LogP contribution in [-0.4, -0.2) is 39.2 Å². The summed E-state index contributed by atoms with van der Waals surface area (Å²) in [6.45, 7) is -0.709. The van der Waals surface area contributed by atoms with Gasteiger partial charge in [0.2, 0.25) is 0 Å². The van der Waals surface area contributed by atoms with Gasteiger partial charge in [0, 0.05) is 17.0 Å². The number of sulfonamides is 1. The van der Waals surface area contributed by atoms with E-state index in [0.29, 0.717) is 21.1 Å². The van der Waals surface area contributed by atoms with Gasteiger partial charge in [0.25, 0.3) is 15.9 Å². The average molecular weight is 527 g/mol. The highest BCUT2D eigenvalue weighted by atomic mass is 35.5. The zero-order valence-electron chi connectivity index (χ0n) is 18.9. The Hall–Kier alpha value is -4.02. The Balaban J connectivity index is 1.56. The SMILES string of the molecule is COc1ccc2cc(/C=N\NC(=O)CN(c3ccccc3F)S(=O)(=O)c3ccccc3)c(Cl)nc2c1. The third kappa shape index (κ3) is 5.45. The molecule has 1 amide bonds. The number of carbonyl (C=O) groups is 1. The molecule has 8 nitrogen and oxygen atoms in total. The number of halogens is 2. The maximum Gasteiger partial charge on any atom is 0.264 e. The number of para-hydroxylation sites is 1. The van der Waals surface area contributed by atoms with E-state index in [1.54, 1.807) is 37.4 Å². The molecule has 4 aromatic rings. The molecule has 184 valence electrons. The van der Waals surface area contributed by atoms with Crippen molar-refractivity contribution in [3.05, 3.63) is 95.4 Å². The van der Waals surface area contributed by atoms with Crippen molar-refractivity contribution in [1.29, 1.82) is 0 Å². The van der Waals surface area contributed by atoms with Crippen molar-refractivity contribution >= 4 is 50.3 Å². The fourth-order valence-corrected chi connectivity index (χ4v) is 5.01. The summed E-state index contributed by atoms with van der Waals surface area (Å²) in [6, 6.07) is 19.8. The quantitative estimate of drug-likeness (QED) is 0.208. The molecule has 4 rings (SSSR count). The predicted molar refractivity (Wildman–Crippen MR) is 136 cm³/mol. The van der Waals surface area contributed by atoms with Crippen LogP contribution in [0.3, 0.4) is 0 Å². The van der Waals surface area contributed by atoms with Crippen LogP contribution in [0.15, 0.2) is 88.9 Å². The highest BCUT2D eigenvalue weighted by molar-refractivity contribution is 7.92. The molecule has 0 unspecified atom stereocenters. The molecule has 0 atom stereocenters. The Labute approximate surface area is 212 Å². The molecule has 11 heteroatoms. The first-order valence-corrected chi connectivity index (χ1v) is 12.4. The van der Waals surface area contributed by atoms with Crippen molar-refractivity contribution in [3.63, 3.8) is 0 Å². The summed E-state index contributed by atoms with van der Waals surface area (Å²) in [4.78, 5) is 16.9. The number of nitrogens with one attached hydrogen (secondary N) is 1. The monoisotopic (exact) mass is 526 g/mol. The van der Waals surface area contributed by atoms with E-state index in [2.05, 4.69) is 15.5 Å². The van der Waals surface area contributed by atoms with Crippen LogP contribution in [0.1, 0.15) is 5.56 Å². The summed E-state index contributed by atoms with van der Waals surface area (Å²) in [5, 5.41) is 4.80. The van der Waals surface area contributed by atoms with E-state index in [9.17, 15) is 17.6 Å². The van der Waals surface area contributed by atoms with E-state index >= 15 is 0 Å².